The fourth-order valence-electron chi connectivity index (χ4n) is 2.01. The number of hydrogen-bond donors (Lipinski definition) is 1. The third kappa shape index (κ3) is 3.56. The Morgan fingerprint density at radius 1 is 1.29 bits per heavy atom. The Kier molecular flexibility index (Phi) is 4.21. The van der Waals surface area contributed by atoms with Crippen molar-refractivity contribution in [3.63, 3.8) is 0 Å². The van der Waals surface area contributed by atoms with Crippen LogP contribution in [0, 0.1) is 0 Å². The van der Waals surface area contributed by atoms with Crippen molar-refractivity contribution in [2.45, 2.75) is 32.8 Å². The highest BCUT2D eigenvalue weighted by atomic mass is 16.5. The van der Waals surface area contributed by atoms with E-state index in [-0.39, 0.29) is 17.6 Å². The molecule has 0 atom stereocenters. The number of carboxylic acids is 1. The highest BCUT2D eigenvalue weighted by molar-refractivity contribution is 5.88. The second-order valence-corrected chi connectivity index (χ2v) is 5.72. The normalized spacial score (nSPS) is 11.2. The Morgan fingerprint density at radius 3 is 2.67 bits per heavy atom. The van der Waals surface area contributed by atoms with E-state index in [9.17, 15) is 4.79 Å². The molecule has 0 spiro atoms. The molecule has 0 aliphatic rings. The molecular formula is C16H18N2O3. The summed E-state index contributed by atoms with van der Waals surface area (Å²) in [5.41, 5.74) is 1.43. The lowest BCUT2D eigenvalue weighted by molar-refractivity contribution is 0.0692. The Bertz CT molecular complexity index is 648. The summed E-state index contributed by atoms with van der Waals surface area (Å²) >= 11 is 0. The van der Waals surface area contributed by atoms with Gasteiger partial charge >= 0.3 is 5.97 Å². The van der Waals surface area contributed by atoms with Gasteiger partial charge in [-0.05, 0) is 17.0 Å². The van der Waals surface area contributed by atoms with Crippen LogP contribution in [0.5, 0.6) is 5.75 Å². The minimum Gasteiger partial charge on any atom is -0.487 e. The first-order chi connectivity index (χ1) is 9.89. The number of aromatic carboxylic acids is 1. The molecule has 1 aromatic heterocycles. The third-order valence-corrected chi connectivity index (χ3v) is 3.08. The van der Waals surface area contributed by atoms with Gasteiger partial charge in [-0.25, -0.2) is 14.8 Å². The first-order valence-corrected chi connectivity index (χ1v) is 6.64. The van der Waals surface area contributed by atoms with Gasteiger partial charge in [0.05, 0.1) is 5.69 Å². The van der Waals surface area contributed by atoms with Crippen molar-refractivity contribution >= 4 is 5.97 Å². The molecule has 0 fully saturated rings. The van der Waals surface area contributed by atoms with Crippen LogP contribution in [-0.2, 0) is 12.0 Å². The minimum absolute atomic E-state index is 0.0576. The molecule has 0 aliphatic heterocycles. The molecule has 0 saturated heterocycles. The molecule has 21 heavy (non-hydrogen) atoms. The van der Waals surface area contributed by atoms with Crippen LogP contribution >= 0.6 is 0 Å². The highest BCUT2D eigenvalue weighted by Crippen LogP contribution is 2.31. The van der Waals surface area contributed by atoms with Crippen LogP contribution in [0.15, 0.2) is 36.8 Å². The Morgan fingerprint density at radius 2 is 2.00 bits per heavy atom. The molecule has 0 bridgehead atoms. The average Bonchev–Trinajstić information content (AvgIpc) is 2.44. The van der Waals surface area contributed by atoms with Gasteiger partial charge in [-0.2, -0.15) is 0 Å². The van der Waals surface area contributed by atoms with E-state index >= 15 is 0 Å². The Labute approximate surface area is 123 Å². The zero-order valence-electron chi connectivity index (χ0n) is 12.3. The number of nitrogens with zero attached hydrogens (tertiary/aromatic N) is 2. The molecule has 5 nitrogen and oxygen atoms in total. The maximum atomic E-state index is 11.1. The molecule has 5 heteroatoms. The summed E-state index contributed by atoms with van der Waals surface area (Å²) in [6.45, 7) is 6.39. The predicted octanol–water partition coefficient (Wildman–Crippen LogP) is 3.05. The van der Waals surface area contributed by atoms with E-state index < -0.39 is 5.97 Å². The fraction of sp³-hybridized carbons (Fsp3) is 0.312. The first kappa shape index (κ1) is 15.0. The lowest BCUT2D eigenvalue weighted by atomic mass is 9.86. The van der Waals surface area contributed by atoms with Crippen LogP contribution in [-0.4, -0.2) is 21.0 Å². The molecule has 0 unspecified atom stereocenters. The summed E-state index contributed by atoms with van der Waals surface area (Å²) in [6, 6.07) is 7.74. The SMILES string of the molecule is CC(C)(C)c1ccccc1OCc1ncncc1C(=O)O. The number of para-hydroxylation sites is 1. The van der Waals surface area contributed by atoms with Gasteiger partial charge in [0.15, 0.2) is 0 Å². The minimum atomic E-state index is -1.06. The quantitative estimate of drug-likeness (QED) is 0.935. The summed E-state index contributed by atoms with van der Waals surface area (Å²) in [5, 5.41) is 9.11. The second-order valence-electron chi connectivity index (χ2n) is 5.72. The van der Waals surface area contributed by atoms with E-state index in [1.54, 1.807) is 0 Å². The average molecular weight is 286 g/mol. The standard InChI is InChI=1S/C16H18N2O3/c1-16(2,3)12-6-4-5-7-14(12)21-9-13-11(15(19)20)8-17-10-18-13/h4-8,10H,9H2,1-3H3,(H,19,20). The fourth-order valence-corrected chi connectivity index (χ4v) is 2.01. The van der Waals surface area contributed by atoms with Crippen LogP contribution in [0.25, 0.3) is 0 Å². The summed E-state index contributed by atoms with van der Waals surface area (Å²) in [7, 11) is 0. The molecule has 2 aromatic rings. The van der Waals surface area contributed by atoms with Crippen molar-refractivity contribution in [2.75, 3.05) is 0 Å². The number of hydrogen-bond acceptors (Lipinski definition) is 4. The van der Waals surface area contributed by atoms with E-state index in [4.69, 9.17) is 9.84 Å². The van der Waals surface area contributed by atoms with Gasteiger partial charge < -0.3 is 9.84 Å². The van der Waals surface area contributed by atoms with Gasteiger partial charge in [-0.15, -0.1) is 0 Å². The molecule has 2 rings (SSSR count). The third-order valence-electron chi connectivity index (χ3n) is 3.08. The molecule has 0 saturated carbocycles. The van der Waals surface area contributed by atoms with Gasteiger partial charge in [-0.1, -0.05) is 39.0 Å². The summed E-state index contributed by atoms with van der Waals surface area (Å²) < 4.78 is 5.79. The van der Waals surface area contributed by atoms with E-state index in [1.165, 1.54) is 12.5 Å². The van der Waals surface area contributed by atoms with Crippen molar-refractivity contribution in [3.05, 3.63) is 53.6 Å². The predicted molar refractivity (Wildman–Crippen MR) is 78.5 cm³/mol. The van der Waals surface area contributed by atoms with Crippen LogP contribution < -0.4 is 4.74 Å². The Balaban J connectivity index is 2.24. The van der Waals surface area contributed by atoms with E-state index in [0.29, 0.717) is 5.69 Å². The van der Waals surface area contributed by atoms with Crippen molar-refractivity contribution in [1.29, 1.82) is 0 Å². The zero-order chi connectivity index (χ0) is 15.5. The number of carboxylic acid groups (broad SMARTS) is 1. The van der Waals surface area contributed by atoms with Gasteiger partial charge in [0, 0.05) is 6.20 Å². The van der Waals surface area contributed by atoms with Gasteiger partial charge in [-0.3, -0.25) is 0 Å². The molecule has 1 heterocycles. The van der Waals surface area contributed by atoms with Crippen LogP contribution in [0.1, 0.15) is 42.4 Å². The topological polar surface area (TPSA) is 72.3 Å². The van der Waals surface area contributed by atoms with Crippen molar-refractivity contribution in [3.8, 4) is 5.75 Å². The lowest BCUT2D eigenvalue weighted by Gasteiger charge is -2.22. The largest absolute Gasteiger partial charge is 0.487 e. The number of ether oxygens (including phenoxy) is 1. The summed E-state index contributed by atoms with van der Waals surface area (Å²) in [4.78, 5) is 18.8. The van der Waals surface area contributed by atoms with Crippen LogP contribution in [0.3, 0.4) is 0 Å². The van der Waals surface area contributed by atoms with Gasteiger partial charge in [0.2, 0.25) is 0 Å². The summed E-state index contributed by atoms with van der Waals surface area (Å²) in [5.74, 6) is -0.321. The maximum absolute atomic E-state index is 11.1. The van der Waals surface area contributed by atoms with Gasteiger partial charge in [0.25, 0.3) is 0 Å². The summed E-state index contributed by atoms with van der Waals surface area (Å²) in [6.07, 6.45) is 2.60. The van der Waals surface area contributed by atoms with E-state index in [1.807, 2.05) is 24.3 Å². The second kappa shape index (κ2) is 5.91. The number of benzene rings is 1. The number of carbonyl (C=O) groups is 1. The Hall–Kier alpha value is -2.43. The zero-order valence-corrected chi connectivity index (χ0v) is 12.3. The van der Waals surface area contributed by atoms with Crippen LogP contribution in [0.4, 0.5) is 0 Å². The molecular weight excluding hydrogens is 268 g/mol. The molecule has 0 aliphatic carbocycles. The van der Waals surface area contributed by atoms with Crippen LogP contribution in [0.2, 0.25) is 0 Å². The first-order valence-electron chi connectivity index (χ1n) is 6.64. The molecule has 1 N–H and O–H groups in total. The molecule has 0 amide bonds. The van der Waals surface area contributed by atoms with Gasteiger partial charge in [0.1, 0.15) is 24.2 Å². The van der Waals surface area contributed by atoms with Crippen molar-refractivity contribution in [1.82, 2.24) is 9.97 Å². The monoisotopic (exact) mass is 286 g/mol. The number of rotatable bonds is 4. The number of aromatic nitrogens is 2. The smallest absolute Gasteiger partial charge is 0.339 e. The van der Waals surface area contributed by atoms with Crippen molar-refractivity contribution in [2.24, 2.45) is 0 Å². The van der Waals surface area contributed by atoms with E-state index in [2.05, 4.69) is 30.7 Å². The molecule has 110 valence electrons. The maximum Gasteiger partial charge on any atom is 0.339 e. The molecule has 1 aromatic carbocycles. The van der Waals surface area contributed by atoms with E-state index in [0.717, 1.165) is 11.3 Å². The highest BCUT2D eigenvalue weighted by Gasteiger charge is 2.19. The molecule has 0 radical (unpaired) electrons. The van der Waals surface area contributed by atoms with Crippen molar-refractivity contribution < 1.29 is 14.6 Å². The lowest BCUT2D eigenvalue weighted by Crippen LogP contribution is -2.14.